The largest absolute Gasteiger partial charge is 0.466 e. The first kappa shape index (κ1) is 15.5. The molecule has 114 valence electrons. The first-order chi connectivity index (χ1) is 10.1. The van der Waals surface area contributed by atoms with Gasteiger partial charge in [-0.15, -0.1) is 0 Å². The van der Waals surface area contributed by atoms with E-state index in [0.29, 0.717) is 13.2 Å². The molecule has 0 aliphatic carbocycles. The van der Waals surface area contributed by atoms with E-state index in [0.717, 1.165) is 18.0 Å². The van der Waals surface area contributed by atoms with Gasteiger partial charge in [0.1, 0.15) is 13.0 Å². The molecule has 1 aromatic rings. The van der Waals surface area contributed by atoms with Crippen LogP contribution in [-0.4, -0.2) is 37.6 Å². The maximum atomic E-state index is 12.1. The highest BCUT2D eigenvalue weighted by molar-refractivity contribution is 5.85. The van der Waals surface area contributed by atoms with Gasteiger partial charge in [0.25, 0.3) is 5.91 Å². The van der Waals surface area contributed by atoms with Gasteiger partial charge in [-0.1, -0.05) is 29.8 Å². The summed E-state index contributed by atoms with van der Waals surface area (Å²) in [6.45, 7) is 6.40. The van der Waals surface area contributed by atoms with E-state index in [1.807, 2.05) is 6.07 Å². The molecule has 2 N–H and O–H groups in total. The number of esters is 1. The zero-order valence-electron chi connectivity index (χ0n) is 12.6. The maximum Gasteiger partial charge on any atom is 0.312 e. The van der Waals surface area contributed by atoms with Crippen LogP contribution in [0.2, 0.25) is 0 Å². The van der Waals surface area contributed by atoms with Crippen LogP contribution in [0.1, 0.15) is 24.5 Å². The minimum Gasteiger partial charge on any atom is -0.466 e. The van der Waals surface area contributed by atoms with E-state index in [1.165, 1.54) is 11.1 Å². The van der Waals surface area contributed by atoms with Crippen molar-refractivity contribution in [3.63, 3.8) is 0 Å². The Morgan fingerprint density at radius 2 is 2.29 bits per heavy atom. The number of piperazine rings is 1. The van der Waals surface area contributed by atoms with Crippen molar-refractivity contribution in [1.82, 2.24) is 5.32 Å². The van der Waals surface area contributed by atoms with E-state index < -0.39 is 0 Å². The molecule has 0 aromatic heterocycles. The number of benzene rings is 1. The molecular formula is C16H23N2O3+. The number of carbonyl (C=O) groups excluding carboxylic acids is 2. The standard InChI is InChI=1S/C16H22N2O3/c1-3-21-15(19)10-14-16(20)17-7-8-18(14)11-13-6-4-5-12(2)9-13/h4-6,9,14H,3,7-8,10-11H2,1-2H3,(H,17,20)/p+1/t14-/m0/s1. The number of aryl methyl sites for hydroxylation is 1. The lowest BCUT2D eigenvalue weighted by Crippen LogP contribution is -3.18. The maximum absolute atomic E-state index is 12.1. The van der Waals surface area contributed by atoms with Crippen LogP contribution in [0.3, 0.4) is 0 Å². The topological polar surface area (TPSA) is 59.8 Å². The lowest BCUT2D eigenvalue weighted by Gasteiger charge is -2.31. The first-order valence-corrected chi connectivity index (χ1v) is 7.43. The fraction of sp³-hybridized carbons (Fsp3) is 0.500. The Kier molecular flexibility index (Phi) is 5.33. The molecule has 21 heavy (non-hydrogen) atoms. The van der Waals surface area contributed by atoms with Crippen molar-refractivity contribution in [2.24, 2.45) is 0 Å². The Morgan fingerprint density at radius 3 is 3.00 bits per heavy atom. The number of carbonyl (C=O) groups is 2. The fourth-order valence-electron chi connectivity index (χ4n) is 2.75. The SMILES string of the molecule is CCOC(=O)C[C@H]1C(=O)NCC[NH+]1Cc1cccc(C)c1. The molecule has 1 heterocycles. The number of quaternary nitrogens is 1. The van der Waals surface area contributed by atoms with Crippen LogP contribution < -0.4 is 10.2 Å². The summed E-state index contributed by atoms with van der Waals surface area (Å²) in [7, 11) is 0. The van der Waals surface area contributed by atoms with Crippen LogP contribution in [0.15, 0.2) is 24.3 Å². The lowest BCUT2D eigenvalue weighted by atomic mass is 10.1. The number of ether oxygens (including phenoxy) is 1. The third-order valence-corrected chi connectivity index (χ3v) is 3.74. The zero-order valence-corrected chi connectivity index (χ0v) is 12.6. The van der Waals surface area contributed by atoms with Gasteiger partial charge >= 0.3 is 5.97 Å². The number of hydrogen-bond donors (Lipinski definition) is 2. The van der Waals surface area contributed by atoms with Gasteiger partial charge in [-0.3, -0.25) is 9.59 Å². The van der Waals surface area contributed by atoms with Crippen LogP contribution in [0.5, 0.6) is 0 Å². The molecule has 5 heteroatoms. The Labute approximate surface area is 125 Å². The van der Waals surface area contributed by atoms with Gasteiger partial charge in [0.05, 0.1) is 19.7 Å². The summed E-state index contributed by atoms with van der Waals surface area (Å²) in [5, 5.41) is 2.84. The highest BCUT2D eigenvalue weighted by Gasteiger charge is 2.35. The predicted octanol–water partition coefficient (Wildman–Crippen LogP) is -0.168. The zero-order chi connectivity index (χ0) is 15.2. The molecule has 1 amide bonds. The van der Waals surface area contributed by atoms with Crippen molar-refractivity contribution < 1.29 is 19.2 Å². The third-order valence-electron chi connectivity index (χ3n) is 3.74. The van der Waals surface area contributed by atoms with Gasteiger partial charge in [-0.2, -0.15) is 0 Å². The van der Waals surface area contributed by atoms with Crippen molar-refractivity contribution in [3.8, 4) is 0 Å². The Bertz CT molecular complexity index is 516. The first-order valence-electron chi connectivity index (χ1n) is 7.43. The molecular weight excluding hydrogens is 268 g/mol. The van der Waals surface area contributed by atoms with Crippen LogP contribution in [-0.2, 0) is 20.9 Å². The van der Waals surface area contributed by atoms with Crippen molar-refractivity contribution in [2.45, 2.75) is 32.9 Å². The van der Waals surface area contributed by atoms with Crippen molar-refractivity contribution in [2.75, 3.05) is 19.7 Å². The summed E-state index contributed by atoms with van der Waals surface area (Å²) in [6.07, 6.45) is 0.140. The average molecular weight is 291 g/mol. The molecule has 1 fully saturated rings. The minimum absolute atomic E-state index is 0.0584. The number of amides is 1. The summed E-state index contributed by atoms with van der Waals surface area (Å²) >= 11 is 0. The van der Waals surface area contributed by atoms with Crippen molar-refractivity contribution in [3.05, 3.63) is 35.4 Å². The average Bonchev–Trinajstić information content (AvgIpc) is 2.43. The summed E-state index contributed by atoms with van der Waals surface area (Å²) in [5.41, 5.74) is 2.39. The van der Waals surface area contributed by atoms with Gasteiger partial charge in [0, 0.05) is 5.56 Å². The van der Waals surface area contributed by atoms with Gasteiger partial charge in [-0.25, -0.2) is 0 Å². The van der Waals surface area contributed by atoms with Crippen LogP contribution in [0.25, 0.3) is 0 Å². The van der Waals surface area contributed by atoms with E-state index in [-0.39, 0.29) is 24.3 Å². The molecule has 0 radical (unpaired) electrons. The Balaban J connectivity index is 2.07. The van der Waals surface area contributed by atoms with Gasteiger partial charge in [-0.05, 0) is 13.8 Å². The van der Waals surface area contributed by atoms with Crippen LogP contribution >= 0.6 is 0 Å². The number of rotatable bonds is 5. The van der Waals surface area contributed by atoms with E-state index >= 15 is 0 Å². The molecule has 5 nitrogen and oxygen atoms in total. The van der Waals surface area contributed by atoms with E-state index in [1.54, 1.807) is 6.92 Å². The monoisotopic (exact) mass is 291 g/mol. The quantitative estimate of drug-likeness (QED) is 0.741. The van der Waals surface area contributed by atoms with E-state index in [9.17, 15) is 9.59 Å². The van der Waals surface area contributed by atoms with Gasteiger partial charge in [0.2, 0.25) is 0 Å². The van der Waals surface area contributed by atoms with Crippen LogP contribution in [0.4, 0.5) is 0 Å². The van der Waals surface area contributed by atoms with Gasteiger partial charge < -0.3 is 15.0 Å². The third kappa shape index (κ3) is 4.29. The molecule has 0 saturated carbocycles. The Morgan fingerprint density at radius 1 is 1.48 bits per heavy atom. The fourth-order valence-corrected chi connectivity index (χ4v) is 2.75. The smallest absolute Gasteiger partial charge is 0.312 e. The molecule has 2 rings (SSSR count). The van der Waals surface area contributed by atoms with Crippen molar-refractivity contribution in [1.29, 1.82) is 0 Å². The Hall–Kier alpha value is -1.88. The normalized spacial score (nSPS) is 21.7. The summed E-state index contributed by atoms with van der Waals surface area (Å²) in [5.74, 6) is -0.363. The van der Waals surface area contributed by atoms with E-state index in [4.69, 9.17) is 4.74 Å². The number of hydrogen-bond acceptors (Lipinski definition) is 3. The second-order valence-electron chi connectivity index (χ2n) is 5.43. The highest BCUT2D eigenvalue weighted by atomic mass is 16.5. The second-order valence-corrected chi connectivity index (χ2v) is 5.43. The van der Waals surface area contributed by atoms with Crippen molar-refractivity contribution >= 4 is 11.9 Å². The number of nitrogens with one attached hydrogen (secondary N) is 2. The molecule has 1 unspecified atom stereocenters. The summed E-state index contributed by atoms with van der Waals surface area (Å²) in [4.78, 5) is 24.9. The molecule has 1 aromatic carbocycles. The molecule has 0 spiro atoms. The van der Waals surface area contributed by atoms with E-state index in [2.05, 4.69) is 30.4 Å². The lowest BCUT2D eigenvalue weighted by molar-refractivity contribution is -0.930. The summed E-state index contributed by atoms with van der Waals surface area (Å²) in [6, 6.07) is 7.90. The molecule has 1 saturated heterocycles. The highest BCUT2D eigenvalue weighted by Crippen LogP contribution is 2.03. The summed E-state index contributed by atoms with van der Waals surface area (Å²) < 4.78 is 4.98. The van der Waals surface area contributed by atoms with Crippen LogP contribution in [0, 0.1) is 6.92 Å². The second kappa shape index (κ2) is 7.22. The molecule has 2 atom stereocenters. The molecule has 0 bridgehead atoms. The molecule has 1 aliphatic heterocycles. The van der Waals surface area contributed by atoms with Gasteiger partial charge in [0.15, 0.2) is 6.04 Å². The minimum atomic E-state index is -0.363. The molecule has 1 aliphatic rings. The predicted molar refractivity (Wildman–Crippen MR) is 78.8 cm³/mol.